The first-order valence-electron chi connectivity index (χ1n) is 3.38. The van der Waals surface area contributed by atoms with Crippen LogP contribution in [0.4, 0.5) is 0 Å². The fraction of sp³-hybridized carbons (Fsp3) is 0.429. The minimum atomic E-state index is 0.735. The summed E-state index contributed by atoms with van der Waals surface area (Å²) < 4.78 is 0.867. The quantitative estimate of drug-likeness (QED) is 0.439. The van der Waals surface area contributed by atoms with Crippen molar-refractivity contribution in [3.63, 3.8) is 0 Å². The molecule has 0 aliphatic heterocycles. The van der Waals surface area contributed by atoms with Crippen LogP contribution in [0.25, 0.3) is 0 Å². The maximum atomic E-state index is 5.76. The lowest BCUT2D eigenvalue weighted by atomic mass is 10.3. The Balaban J connectivity index is 2.27. The molecule has 0 saturated heterocycles. The van der Waals surface area contributed by atoms with E-state index in [1.54, 1.807) is 11.3 Å². The number of hydrogen-bond acceptors (Lipinski definition) is 3. The normalized spacial score (nSPS) is 10.4. The Morgan fingerprint density at radius 1 is 1.55 bits per heavy atom. The third-order valence-electron chi connectivity index (χ3n) is 1.29. The lowest BCUT2D eigenvalue weighted by Crippen LogP contribution is -2.14. The summed E-state index contributed by atoms with van der Waals surface area (Å²) in [6.07, 6.45) is 1.04. The van der Waals surface area contributed by atoms with Gasteiger partial charge in [-0.25, -0.2) is 0 Å². The van der Waals surface area contributed by atoms with Gasteiger partial charge >= 0.3 is 0 Å². The molecule has 0 bridgehead atoms. The number of rotatable bonds is 4. The molecule has 0 atom stereocenters. The van der Waals surface area contributed by atoms with Gasteiger partial charge in [-0.05, 0) is 18.6 Å². The molecule has 0 aliphatic carbocycles. The van der Waals surface area contributed by atoms with E-state index in [1.807, 2.05) is 6.07 Å². The highest BCUT2D eigenvalue weighted by atomic mass is 35.5. The monoisotopic (exact) mass is 207 g/mol. The van der Waals surface area contributed by atoms with Crippen molar-refractivity contribution in [3.8, 4) is 0 Å². The summed E-state index contributed by atoms with van der Waals surface area (Å²) in [5, 5.41) is 3.13. The minimum absolute atomic E-state index is 0.735. The van der Waals surface area contributed by atoms with Gasteiger partial charge in [0.15, 0.2) is 0 Å². The van der Waals surface area contributed by atoms with Crippen LogP contribution >= 0.6 is 35.6 Å². The molecule has 62 valence electrons. The first kappa shape index (κ1) is 9.39. The molecule has 0 radical (unpaired) electrons. The van der Waals surface area contributed by atoms with Gasteiger partial charge in [0.2, 0.25) is 0 Å². The summed E-state index contributed by atoms with van der Waals surface area (Å²) in [4.78, 5) is 1.32. The standard InChI is InChI=1S/C7H10ClNS2/c8-7-2-1-6(11-7)3-4-9-5-10/h1-2,9-10H,3-5H2. The van der Waals surface area contributed by atoms with Crippen LogP contribution in [0.5, 0.6) is 0 Å². The van der Waals surface area contributed by atoms with Crippen molar-refractivity contribution >= 4 is 35.6 Å². The summed E-state index contributed by atoms with van der Waals surface area (Å²) >= 11 is 11.4. The van der Waals surface area contributed by atoms with Crippen LogP contribution in [-0.4, -0.2) is 12.4 Å². The lowest BCUT2D eigenvalue weighted by molar-refractivity contribution is 0.783. The molecule has 0 aliphatic rings. The molecule has 0 fully saturated rings. The molecule has 1 heterocycles. The number of thiol groups is 1. The Labute approximate surface area is 81.2 Å². The summed E-state index contributed by atoms with van der Waals surface area (Å²) in [5.41, 5.74) is 0. The van der Waals surface area contributed by atoms with Gasteiger partial charge in [0.25, 0.3) is 0 Å². The van der Waals surface area contributed by atoms with Crippen molar-refractivity contribution in [3.05, 3.63) is 21.3 Å². The third kappa shape index (κ3) is 3.47. The second-order valence-electron chi connectivity index (χ2n) is 2.11. The summed E-state index contributed by atoms with van der Waals surface area (Å²) in [6, 6.07) is 4.00. The Morgan fingerprint density at radius 3 is 2.91 bits per heavy atom. The first-order chi connectivity index (χ1) is 5.33. The number of hydrogen-bond donors (Lipinski definition) is 2. The predicted octanol–water partition coefficient (Wildman–Crippen LogP) is 2.42. The van der Waals surface area contributed by atoms with Crippen LogP contribution in [0.3, 0.4) is 0 Å². The molecular weight excluding hydrogens is 198 g/mol. The molecule has 1 rings (SSSR count). The highest BCUT2D eigenvalue weighted by Gasteiger charge is 1.95. The van der Waals surface area contributed by atoms with Gasteiger partial charge in [0.05, 0.1) is 4.34 Å². The largest absolute Gasteiger partial charge is 0.308 e. The van der Waals surface area contributed by atoms with Crippen LogP contribution in [0.2, 0.25) is 4.34 Å². The maximum absolute atomic E-state index is 5.76. The van der Waals surface area contributed by atoms with Crippen LogP contribution in [0.1, 0.15) is 4.88 Å². The minimum Gasteiger partial charge on any atom is -0.308 e. The van der Waals surface area contributed by atoms with Crippen molar-refractivity contribution in [2.24, 2.45) is 0 Å². The molecule has 1 aromatic rings. The lowest BCUT2D eigenvalue weighted by Gasteiger charge is -1.96. The Hall–Kier alpha value is 0.300. The zero-order chi connectivity index (χ0) is 8.10. The van der Waals surface area contributed by atoms with Gasteiger partial charge in [-0.2, -0.15) is 12.6 Å². The van der Waals surface area contributed by atoms with Crippen molar-refractivity contribution < 1.29 is 0 Å². The third-order valence-corrected chi connectivity index (χ3v) is 2.80. The maximum Gasteiger partial charge on any atom is 0.0931 e. The smallest absolute Gasteiger partial charge is 0.0931 e. The molecule has 0 saturated carbocycles. The van der Waals surface area contributed by atoms with E-state index in [-0.39, 0.29) is 0 Å². The molecule has 11 heavy (non-hydrogen) atoms. The van der Waals surface area contributed by atoms with E-state index in [9.17, 15) is 0 Å². The van der Waals surface area contributed by atoms with Crippen molar-refractivity contribution in [1.29, 1.82) is 0 Å². The van der Waals surface area contributed by atoms with E-state index in [0.717, 1.165) is 23.2 Å². The van der Waals surface area contributed by atoms with Crippen LogP contribution in [-0.2, 0) is 6.42 Å². The van der Waals surface area contributed by atoms with Gasteiger partial charge in [0.1, 0.15) is 0 Å². The zero-order valence-corrected chi connectivity index (χ0v) is 8.48. The van der Waals surface area contributed by atoms with E-state index in [4.69, 9.17) is 11.6 Å². The second-order valence-corrected chi connectivity index (χ2v) is 4.23. The first-order valence-corrected chi connectivity index (χ1v) is 5.21. The fourth-order valence-corrected chi connectivity index (χ4v) is 2.02. The summed E-state index contributed by atoms with van der Waals surface area (Å²) in [5.74, 6) is 0.735. The Kier molecular flexibility index (Phi) is 4.30. The molecule has 4 heteroatoms. The average molecular weight is 208 g/mol. The zero-order valence-electron chi connectivity index (χ0n) is 6.01. The van der Waals surface area contributed by atoms with Crippen LogP contribution in [0.15, 0.2) is 12.1 Å². The van der Waals surface area contributed by atoms with Crippen molar-refractivity contribution in [2.45, 2.75) is 6.42 Å². The molecule has 1 N–H and O–H groups in total. The second kappa shape index (κ2) is 5.04. The van der Waals surface area contributed by atoms with Crippen molar-refractivity contribution in [2.75, 3.05) is 12.4 Å². The van der Waals surface area contributed by atoms with Gasteiger partial charge in [0, 0.05) is 17.3 Å². The predicted molar refractivity (Wildman–Crippen MR) is 54.9 cm³/mol. The van der Waals surface area contributed by atoms with Gasteiger partial charge in [-0.1, -0.05) is 11.6 Å². The van der Waals surface area contributed by atoms with E-state index in [1.165, 1.54) is 4.88 Å². The van der Waals surface area contributed by atoms with E-state index in [0.29, 0.717) is 0 Å². The van der Waals surface area contributed by atoms with Crippen LogP contribution < -0.4 is 5.32 Å². The number of halogens is 1. The number of nitrogens with one attached hydrogen (secondary N) is 1. The van der Waals surface area contributed by atoms with E-state index >= 15 is 0 Å². The molecular formula is C7H10ClNS2. The van der Waals surface area contributed by atoms with Gasteiger partial charge < -0.3 is 5.32 Å². The highest BCUT2D eigenvalue weighted by molar-refractivity contribution is 7.80. The van der Waals surface area contributed by atoms with Gasteiger partial charge in [-0.15, -0.1) is 11.3 Å². The Bertz CT molecular complexity index is 212. The van der Waals surface area contributed by atoms with Crippen LogP contribution in [0, 0.1) is 0 Å². The van der Waals surface area contributed by atoms with E-state index in [2.05, 4.69) is 24.0 Å². The number of thiophene rings is 1. The average Bonchev–Trinajstić information content (AvgIpc) is 2.37. The highest BCUT2D eigenvalue weighted by Crippen LogP contribution is 2.21. The molecule has 0 unspecified atom stereocenters. The van der Waals surface area contributed by atoms with Gasteiger partial charge in [-0.3, -0.25) is 0 Å². The fourth-order valence-electron chi connectivity index (χ4n) is 0.777. The molecule has 1 nitrogen and oxygen atoms in total. The summed E-state index contributed by atoms with van der Waals surface area (Å²) in [6.45, 7) is 0.973. The SMILES string of the molecule is SCNCCc1ccc(Cl)s1. The molecule has 0 amide bonds. The topological polar surface area (TPSA) is 12.0 Å². The molecule has 1 aromatic heterocycles. The van der Waals surface area contributed by atoms with Crippen molar-refractivity contribution in [1.82, 2.24) is 5.32 Å². The van der Waals surface area contributed by atoms with E-state index < -0.39 is 0 Å². The summed E-state index contributed by atoms with van der Waals surface area (Å²) in [7, 11) is 0. The molecule has 0 spiro atoms. The Morgan fingerprint density at radius 2 is 2.36 bits per heavy atom. The molecule has 0 aromatic carbocycles.